The predicted octanol–water partition coefficient (Wildman–Crippen LogP) is 2.08. The van der Waals surface area contributed by atoms with Crippen LogP contribution in [0.15, 0.2) is 18.2 Å². The van der Waals surface area contributed by atoms with Crippen molar-refractivity contribution in [2.24, 2.45) is 0 Å². The molecular weight excluding hydrogens is 280 g/mol. The molecule has 1 aromatic carbocycles. The average molecular weight is 297 g/mol. The molecular formula is C14H17ClN2O3. The van der Waals surface area contributed by atoms with Gasteiger partial charge in [0.25, 0.3) is 0 Å². The number of alkyl carbamates (subject to hydrolysis) is 1. The van der Waals surface area contributed by atoms with Gasteiger partial charge in [-0.15, -0.1) is 0 Å². The van der Waals surface area contributed by atoms with Gasteiger partial charge in [0.15, 0.2) is 6.10 Å². The topological polar surface area (TPSA) is 59.6 Å². The van der Waals surface area contributed by atoms with E-state index in [1.165, 1.54) is 12.8 Å². The number of amides is 1. The summed E-state index contributed by atoms with van der Waals surface area (Å²) in [6.45, 7) is 1.60. The van der Waals surface area contributed by atoms with Crippen molar-refractivity contribution in [2.75, 3.05) is 13.2 Å². The maximum atomic E-state index is 10.9. The van der Waals surface area contributed by atoms with Crippen molar-refractivity contribution in [1.29, 1.82) is 0 Å². The van der Waals surface area contributed by atoms with Gasteiger partial charge in [0.05, 0.1) is 11.6 Å². The highest BCUT2D eigenvalue weighted by atomic mass is 35.5. The number of halogens is 1. The lowest BCUT2D eigenvalue weighted by Crippen LogP contribution is -2.22. The molecule has 20 heavy (non-hydrogen) atoms. The van der Waals surface area contributed by atoms with Crippen LogP contribution in [0.4, 0.5) is 4.79 Å². The molecule has 1 heterocycles. The summed E-state index contributed by atoms with van der Waals surface area (Å²) in [7, 11) is 0. The van der Waals surface area contributed by atoms with Crippen LogP contribution < -0.4 is 15.4 Å². The summed E-state index contributed by atoms with van der Waals surface area (Å²) >= 11 is 6.20. The van der Waals surface area contributed by atoms with Gasteiger partial charge in [-0.2, -0.15) is 0 Å². The van der Waals surface area contributed by atoms with E-state index in [9.17, 15) is 4.79 Å². The second kappa shape index (κ2) is 5.89. The van der Waals surface area contributed by atoms with E-state index in [1.54, 1.807) is 0 Å². The lowest BCUT2D eigenvalue weighted by atomic mass is 10.2. The maximum Gasteiger partial charge on any atom is 0.407 e. The van der Waals surface area contributed by atoms with Crippen molar-refractivity contribution in [3.8, 4) is 5.75 Å². The Bertz CT molecular complexity index is 505. The average Bonchev–Trinajstić information content (AvgIpc) is 3.17. The number of hydrogen-bond donors (Lipinski definition) is 2. The first kappa shape index (κ1) is 13.5. The fourth-order valence-electron chi connectivity index (χ4n) is 2.03. The molecule has 2 N–H and O–H groups in total. The van der Waals surface area contributed by atoms with Gasteiger partial charge in [-0.3, -0.25) is 0 Å². The first-order chi connectivity index (χ1) is 9.70. The monoisotopic (exact) mass is 296 g/mol. The molecule has 2 aliphatic rings. The molecule has 3 rings (SSSR count). The highest BCUT2D eigenvalue weighted by Crippen LogP contribution is 2.26. The molecule has 1 unspecified atom stereocenters. The third kappa shape index (κ3) is 3.55. The van der Waals surface area contributed by atoms with E-state index in [-0.39, 0.29) is 6.10 Å². The Morgan fingerprint density at radius 1 is 1.45 bits per heavy atom. The van der Waals surface area contributed by atoms with E-state index in [4.69, 9.17) is 21.1 Å². The van der Waals surface area contributed by atoms with Gasteiger partial charge >= 0.3 is 6.09 Å². The van der Waals surface area contributed by atoms with Crippen molar-refractivity contribution in [3.05, 3.63) is 28.8 Å². The number of nitrogens with one attached hydrogen (secondary N) is 2. The fourth-order valence-corrected chi connectivity index (χ4v) is 2.29. The summed E-state index contributed by atoms with van der Waals surface area (Å²) in [6.07, 6.45) is 1.88. The van der Waals surface area contributed by atoms with Gasteiger partial charge in [-0.1, -0.05) is 17.7 Å². The van der Waals surface area contributed by atoms with Gasteiger partial charge in [0.1, 0.15) is 12.4 Å². The van der Waals surface area contributed by atoms with Crippen LogP contribution in [-0.2, 0) is 11.3 Å². The van der Waals surface area contributed by atoms with E-state index >= 15 is 0 Å². The van der Waals surface area contributed by atoms with Crippen molar-refractivity contribution >= 4 is 17.7 Å². The minimum Gasteiger partial charge on any atom is -0.488 e. The normalized spacial score (nSPS) is 21.4. The first-order valence-electron chi connectivity index (χ1n) is 6.80. The third-order valence-corrected chi connectivity index (χ3v) is 3.64. The highest BCUT2D eigenvalue weighted by Gasteiger charge is 2.23. The van der Waals surface area contributed by atoms with Crippen LogP contribution in [-0.4, -0.2) is 31.4 Å². The van der Waals surface area contributed by atoms with Crippen LogP contribution >= 0.6 is 11.6 Å². The predicted molar refractivity (Wildman–Crippen MR) is 75.1 cm³/mol. The summed E-state index contributed by atoms with van der Waals surface area (Å²) < 4.78 is 10.6. The molecule has 0 spiro atoms. The number of benzene rings is 1. The molecule has 1 aromatic rings. The molecule has 2 fully saturated rings. The molecule has 108 valence electrons. The Kier molecular flexibility index (Phi) is 3.98. The number of ether oxygens (including phenoxy) is 2. The second-order valence-corrected chi connectivity index (χ2v) is 5.55. The number of carbonyl (C=O) groups is 1. The standard InChI is InChI=1S/C14H17ClN2O3/c15-12-5-9(6-16-10-2-3-10)1-4-13(12)19-8-11-7-17-14(18)20-11/h1,4-5,10-11,16H,2-3,6-8H2,(H,17,18). The van der Waals surface area contributed by atoms with Crippen LogP contribution in [0.1, 0.15) is 18.4 Å². The van der Waals surface area contributed by atoms with E-state index in [0.717, 1.165) is 12.1 Å². The van der Waals surface area contributed by atoms with Crippen LogP contribution in [0.2, 0.25) is 5.02 Å². The Hall–Kier alpha value is -1.46. The zero-order chi connectivity index (χ0) is 13.9. The minimum absolute atomic E-state index is 0.255. The van der Waals surface area contributed by atoms with E-state index < -0.39 is 6.09 Å². The van der Waals surface area contributed by atoms with Gasteiger partial charge in [0.2, 0.25) is 0 Å². The smallest absolute Gasteiger partial charge is 0.407 e. The molecule has 0 bridgehead atoms. The summed E-state index contributed by atoms with van der Waals surface area (Å²) in [5, 5.41) is 6.60. The number of rotatable bonds is 6. The molecule has 1 aliphatic heterocycles. The number of carbonyl (C=O) groups excluding carboxylic acids is 1. The Morgan fingerprint density at radius 3 is 2.95 bits per heavy atom. The molecule has 6 heteroatoms. The maximum absolute atomic E-state index is 10.9. The molecule has 1 aliphatic carbocycles. The molecule has 0 radical (unpaired) electrons. The van der Waals surface area contributed by atoms with Gasteiger partial charge in [-0.05, 0) is 30.5 Å². The van der Waals surface area contributed by atoms with Crippen molar-refractivity contribution in [1.82, 2.24) is 10.6 Å². The Morgan fingerprint density at radius 2 is 2.30 bits per heavy atom. The lowest BCUT2D eigenvalue weighted by Gasteiger charge is -2.12. The van der Waals surface area contributed by atoms with Crippen molar-refractivity contribution in [2.45, 2.75) is 31.5 Å². The van der Waals surface area contributed by atoms with E-state index in [2.05, 4.69) is 10.6 Å². The zero-order valence-corrected chi connectivity index (χ0v) is 11.8. The van der Waals surface area contributed by atoms with Crippen LogP contribution in [0, 0.1) is 0 Å². The number of cyclic esters (lactones) is 1. The summed E-state index contributed by atoms with van der Waals surface area (Å²) in [5.74, 6) is 0.616. The Labute approximate surface area is 122 Å². The number of hydrogen-bond acceptors (Lipinski definition) is 4. The van der Waals surface area contributed by atoms with E-state index in [0.29, 0.717) is 30.0 Å². The first-order valence-corrected chi connectivity index (χ1v) is 7.17. The van der Waals surface area contributed by atoms with Crippen LogP contribution in [0.3, 0.4) is 0 Å². The quantitative estimate of drug-likeness (QED) is 0.844. The summed E-state index contributed by atoms with van der Waals surface area (Å²) in [5.41, 5.74) is 1.14. The van der Waals surface area contributed by atoms with E-state index in [1.807, 2.05) is 18.2 Å². The molecule has 1 saturated heterocycles. The Balaban J connectivity index is 1.51. The van der Waals surface area contributed by atoms with Gasteiger partial charge < -0.3 is 20.1 Å². The second-order valence-electron chi connectivity index (χ2n) is 5.14. The van der Waals surface area contributed by atoms with Crippen LogP contribution in [0.5, 0.6) is 5.75 Å². The van der Waals surface area contributed by atoms with Crippen molar-refractivity contribution < 1.29 is 14.3 Å². The molecule has 0 aromatic heterocycles. The largest absolute Gasteiger partial charge is 0.488 e. The SMILES string of the molecule is O=C1NCC(COc2ccc(CNC3CC3)cc2Cl)O1. The van der Waals surface area contributed by atoms with Crippen LogP contribution in [0.25, 0.3) is 0 Å². The molecule has 5 nitrogen and oxygen atoms in total. The highest BCUT2D eigenvalue weighted by molar-refractivity contribution is 6.32. The minimum atomic E-state index is -0.397. The molecule has 1 amide bonds. The fraction of sp³-hybridized carbons (Fsp3) is 0.500. The molecule has 1 saturated carbocycles. The lowest BCUT2D eigenvalue weighted by molar-refractivity contribution is 0.105. The summed E-state index contributed by atoms with van der Waals surface area (Å²) in [6, 6.07) is 6.44. The van der Waals surface area contributed by atoms with Crippen molar-refractivity contribution in [3.63, 3.8) is 0 Å². The third-order valence-electron chi connectivity index (χ3n) is 3.34. The summed E-state index contributed by atoms with van der Waals surface area (Å²) in [4.78, 5) is 10.9. The zero-order valence-electron chi connectivity index (χ0n) is 11.0. The van der Waals surface area contributed by atoms with Gasteiger partial charge in [-0.25, -0.2) is 4.79 Å². The van der Waals surface area contributed by atoms with Gasteiger partial charge in [0, 0.05) is 12.6 Å². The molecule has 1 atom stereocenters.